The van der Waals surface area contributed by atoms with Gasteiger partial charge in [-0.3, -0.25) is 9.69 Å². The zero-order valence-corrected chi connectivity index (χ0v) is 18.9. The van der Waals surface area contributed by atoms with E-state index in [0.717, 1.165) is 46.6 Å². The number of nitriles is 1. The third-order valence-electron chi connectivity index (χ3n) is 5.46. The summed E-state index contributed by atoms with van der Waals surface area (Å²) in [6.07, 6.45) is 0.807. The number of carbonyl (C=O) groups is 1. The molecule has 4 nitrogen and oxygen atoms in total. The van der Waals surface area contributed by atoms with Gasteiger partial charge in [0.15, 0.2) is 0 Å². The van der Waals surface area contributed by atoms with E-state index in [1.807, 2.05) is 30.3 Å². The predicted molar refractivity (Wildman–Crippen MR) is 128 cm³/mol. The Labute approximate surface area is 193 Å². The third-order valence-corrected chi connectivity index (χ3v) is 8.27. The Bertz CT molecular complexity index is 1320. The van der Waals surface area contributed by atoms with Crippen LogP contribution in [0.15, 0.2) is 54.6 Å². The van der Waals surface area contributed by atoms with Crippen molar-refractivity contribution < 1.29 is 4.79 Å². The first-order valence-corrected chi connectivity index (χ1v) is 11.9. The highest BCUT2D eigenvalue weighted by molar-refractivity contribution is 7.22. The Morgan fingerprint density at radius 1 is 1.13 bits per heavy atom. The molecular formula is C24H18ClN3OS2. The van der Waals surface area contributed by atoms with Gasteiger partial charge >= 0.3 is 0 Å². The first kappa shape index (κ1) is 20.2. The molecule has 0 radical (unpaired) electrons. The average Bonchev–Trinajstić information content (AvgIpc) is 3.31. The molecule has 0 bridgehead atoms. The van der Waals surface area contributed by atoms with Crippen LogP contribution in [0.25, 0.3) is 10.1 Å². The monoisotopic (exact) mass is 463 g/mol. The van der Waals surface area contributed by atoms with E-state index >= 15 is 0 Å². The van der Waals surface area contributed by atoms with E-state index in [-0.39, 0.29) is 5.91 Å². The zero-order valence-electron chi connectivity index (χ0n) is 16.5. The van der Waals surface area contributed by atoms with Crippen molar-refractivity contribution in [3.8, 4) is 6.07 Å². The standard InChI is InChI=1S/C24H18ClN3OS2/c25-21-17-8-4-5-9-19(17)30-22(21)23(29)27-24-18(12-26)16-10-11-28(14-20(16)31-24)13-15-6-2-1-3-7-15/h1-9H,10-11,13-14H2,(H,27,29). The van der Waals surface area contributed by atoms with Gasteiger partial charge in [-0.2, -0.15) is 5.26 Å². The molecule has 1 amide bonds. The topological polar surface area (TPSA) is 56.1 Å². The minimum atomic E-state index is -0.262. The van der Waals surface area contributed by atoms with Crippen molar-refractivity contribution in [1.29, 1.82) is 5.26 Å². The van der Waals surface area contributed by atoms with Crippen LogP contribution in [-0.4, -0.2) is 17.4 Å². The minimum absolute atomic E-state index is 0.262. The van der Waals surface area contributed by atoms with Crippen LogP contribution in [0.3, 0.4) is 0 Å². The van der Waals surface area contributed by atoms with Crippen LogP contribution in [0.2, 0.25) is 5.02 Å². The molecule has 0 saturated carbocycles. The molecule has 0 aliphatic carbocycles. The van der Waals surface area contributed by atoms with Gasteiger partial charge in [-0.25, -0.2) is 0 Å². The molecule has 1 aliphatic rings. The van der Waals surface area contributed by atoms with Crippen molar-refractivity contribution in [3.05, 3.63) is 86.1 Å². The van der Waals surface area contributed by atoms with Crippen LogP contribution in [0.4, 0.5) is 5.00 Å². The molecule has 0 saturated heterocycles. The van der Waals surface area contributed by atoms with Crippen LogP contribution < -0.4 is 5.32 Å². The van der Waals surface area contributed by atoms with Crippen molar-refractivity contribution in [2.24, 2.45) is 0 Å². The van der Waals surface area contributed by atoms with Crippen molar-refractivity contribution in [2.45, 2.75) is 19.5 Å². The van der Waals surface area contributed by atoms with E-state index in [9.17, 15) is 10.1 Å². The van der Waals surface area contributed by atoms with E-state index in [2.05, 4.69) is 40.6 Å². The molecular weight excluding hydrogens is 446 g/mol. The van der Waals surface area contributed by atoms with Crippen LogP contribution in [0.5, 0.6) is 0 Å². The zero-order chi connectivity index (χ0) is 21.4. The second-order valence-corrected chi connectivity index (χ2v) is 10.00. The smallest absolute Gasteiger partial charge is 0.267 e. The fourth-order valence-electron chi connectivity index (χ4n) is 3.96. The highest BCUT2D eigenvalue weighted by Gasteiger charge is 2.26. The molecule has 0 unspecified atom stereocenters. The van der Waals surface area contributed by atoms with Gasteiger partial charge in [0.05, 0.1) is 10.6 Å². The second-order valence-electron chi connectivity index (χ2n) is 7.46. The number of halogens is 1. The first-order valence-electron chi connectivity index (χ1n) is 9.93. The fourth-order valence-corrected chi connectivity index (χ4v) is 6.61. The number of nitrogens with one attached hydrogen (secondary N) is 1. The van der Waals surface area contributed by atoms with Gasteiger partial charge in [-0.15, -0.1) is 22.7 Å². The second kappa shape index (κ2) is 8.45. The molecule has 154 valence electrons. The summed E-state index contributed by atoms with van der Waals surface area (Å²) in [6.45, 7) is 2.55. The largest absolute Gasteiger partial charge is 0.312 e. The summed E-state index contributed by atoms with van der Waals surface area (Å²) in [5.74, 6) is -0.262. The number of hydrogen-bond donors (Lipinski definition) is 1. The van der Waals surface area contributed by atoms with Crippen molar-refractivity contribution in [3.63, 3.8) is 0 Å². The average molecular weight is 464 g/mol. The van der Waals surface area contributed by atoms with Crippen molar-refractivity contribution in [1.82, 2.24) is 4.90 Å². The molecule has 2 aromatic carbocycles. The number of benzene rings is 2. The summed E-state index contributed by atoms with van der Waals surface area (Å²) < 4.78 is 0.972. The lowest BCUT2D eigenvalue weighted by atomic mass is 10.0. The van der Waals surface area contributed by atoms with Gasteiger partial charge in [-0.05, 0) is 23.6 Å². The number of rotatable bonds is 4. The lowest BCUT2D eigenvalue weighted by molar-refractivity contribution is 0.103. The Hall–Kier alpha value is -2.69. The number of nitrogens with zero attached hydrogens (tertiary/aromatic N) is 2. The number of hydrogen-bond acceptors (Lipinski definition) is 5. The van der Waals surface area contributed by atoms with Gasteiger partial charge in [0.2, 0.25) is 0 Å². The van der Waals surface area contributed by atoms with E-state index in [4.69, 9.17) is 11.6 Å². The van der Waals surface area contributed by atoms with Crippen LogP contribution in [-0.2, 0) is 19.5 Å². The lowest BCUT2D eigenvalue weighted by Crippen LogP contribution is -2.29. The molecule has 0 spiro atoms. The van der Waals surface area contributed by atoms with Gasteiger partial charge in [-0.1, -0.05) is 60.1 Å². The summed E-state index contributed by atoms with van der Waals surface area (Å²) in [4.78, 5) is 17.0. The molecule has 7 heteroatoms. The molecule has 0 atom stereocenters. The quantitative estimate of drug-likeness (QED) is 0.386. The number of fused-ring (bicyclic) bond motifs is 2. The summed E-state index contributed by atoms with van der Waals surface area (Å²) in [6, 6.07) is 20.4. The van der Waals surface area contributed by atoms with E-state index in [1.165, 1.54) is 28.2 Å². The number of anilines is 1. The van der Waals surface area contributed by atoms with E-state index < -0.39 is 0 Å². The first-order chi connectivity index (χ1) is 15.1. The SMILES string of the molecule is N#Cc1c(NC(=O)c2sc3ccccc3c2Cl)sc2c1CCN(Cc1ccccc1)C2. The Kier molecular flexibility index (Phi) is 5.51. The minimum Gasteiger partial charge on any atom is -0.312 e. The molecule has 4 aromatic rings. The highest BCUT2D eigenvalue weighted by Crippen LogP contribution is 2.39. The maximum atomic E-state index is 13.0. The molecule has 1 N–H and O–H groups in total. The predicted octanol–water partition coefficient (Wildman–Crippen LogP) is 6.30. The number of amides is 1. The number of carbonyl (C=O) groups excluding carboxylic acids is 1. The summed E-state index contributed by atoms with van der Waals surface area (Å²) in [5.41, 5.74) is 2.93. The molecule has 3 heterocycles. The van der Waals surface area contributed by atoms with Crippen LogP contribution in [0, 0.1) is 11.3 Å². The summed E-state index contributed by atoms with van der Waals surface area (Å²) >= 11 is 9.34. The summed E-state index contributed by atoms with van der Waals surface area (Å²) in [7, 11) is 0. The molecule has 0 fully saturated rings. The fraction of sp³-hybridized carbons (Fsp3) is 0.167. The Morgan fingerprint density at radius 3 is 2.68 bits per heavy atom. The molecule has 2 aromatic heterocycles. The Morgan fingerprint density at radius 2 is 1.90 bits per heavy atom. The molecule has 31 heavy (non-hydrogen) atoms. The van der Waals surface area contributed by atoms with Crippen molar-refractivity contribution in [2.75, 3.05) is 11.9 Å². The van der Waals surface area contributed by atoms with Gasteiger partial charge in [0.1, 0.15) is 15.9 Å². The molecule has 1 aliphatic heterocycles. The molecule has 5 rings (SSSR count). The van der Waals surface area contributed by atoms with Crippen LogP contribution >= 0.6 is 34.3 Å². The lowest BCUT2D eigenvalue weighted by Gasteiger charge is -2.26. The normalized spacial score (nSPS) is 13.7. The van der Waals surface area contributed by atoms with Crippen molar-refractivity contribution >= 4 is 55.3 Å². The Balaban J connectivity index is 1.39. The maximum absolute atomic E-state index is 13.0. The van der Waals surface area contributed by atoms with Gasteiger partial charge in [0.25, 0.3) is 5.91 Å². The van der Waals surface area contributed by atoms with Crippen LogP contribution in [0.1, 0.15) is 31.2 Å². The highest BCUT2D eigenvalue weighted by atomic mass is 35.5. The van der Waals surface area contributed by atoms with Gasteiger partial charge < -0.3 is 5.32 Å². The number of thiophene rings is 2. The summed E-state index contributed by atoms with van der Waals surface area (Å²) in [5, 5.41) is 14.7. The third kappa shape index (κ3) is 3.86. The van der Waals surface area contributed by atoms with Gasteiger partial charge in [0, 0.05) is 34.6 Å². The van der Waals surface area contributed by atoms with E-state index in [0.29, 0.717) is 20.5 Å². The maximum Gasteiger partial charge on any atom is 0.267 e. The van der Waals surface area contributed by atoms with E-state index in [1.54, 1.807) is 0 Å².